The van der Waals surface area contributed by atoms with Gasteiger partial charge in [-0.2, -0.15) is 0 Å². The van der Waals surface area contributed by atoms with Crippen molar-refractivity contribution in [3.05, 3.63) is 58.7 Å². The first-order chi connectivity index (χ1) is 12.9. The van der Waals surface area contributed by atoms with Crippen LogP contribution in [0.15, 0.2) is 41.3 Å². The van der Waals surface area contributed by atoms with E-state index < -0.39 is 10.0 Å². The van der Waals surface area contributed by atoms with Crippen LogP contribution < -0.4 is 10.0 Å². The molecular formula is C21H24N2O3S. The van der Waals surface area contributed by atoms with Crippen molar-refractivity contribution in [2.75, 3.05) is 5.32 Å². The Balaban J connectivity index is 1.61. The highest BCUT2D eigenvalue weighted by atomic mass is 32.2. The summed E-state index contributed by atoms with van der Waals surface area (Å²) in [7, 11) is -3.59. The second-order valence-electron chi connectivity index (χ2n) is 7.48. The summed E-state index contributed by atoms with van der Waals surface area (Å²) in [5, 5.41) is 3.00. The summed E-state index contributed by atoms with van der Waals surface area (Å²) in [5.74, 6) is -0.269. The zero-order chi connectivity index (χ0) is 19.0. The minimum absolute atomic E-state index is 0.0319. The molecule has 4 rings (SSSR count). The third kappa shape index (κ3) is 3.92. The van der Waals surface area contributed by atoms with Crippen molar-refractivity contribution >= 4 is 21.6 Å². The van der Waals surface area contributed by atoms with Gasteiger partial charge in [-0.15, -0.1) is 0 Å². The van der Waals surface area contributed by atoms with Gasteiger partial charge in [0, 0.05) is 17.3 Å². The molecular weight excluding hydrogens is 360 g/mol. The number of carbonyl (C=O) groups is 1. The Labute approximate surface area is 160 Å². The first-order valence-corrected chi connectivity index (χ1v) is 11.0. The molecule has 0 aromatic heterocycles. The van der Waals surface area contributed by atoms with Gasteiger partial charge in [0.05, 0.1) is 4.90 Å². The molecule has 1 fully saturated rings. The van der Waals surface area contributed by atoms with E-state index in [1.807, 2.05) is 19.1 Å². The second kappa shape index (κ2) is 7.09. The molecule has 0 radical (unpaired) electrons. The average molecular weight is 385 g/mol. The zero-order valence-corrected chi connectivity index (χ0v) is 16.2. The van der Waals surface area contributed by atoms with E-state index in [1.54, 1.807) is 12.1 Å². The van der Waals surface area contributed by atoms with Crippen molar-refractivity contribution in [2.24, 2.45) is 0 Å². The summed E-state index contributed by atoms with van der Waals surface area (Å²) >= 11 is 0. The molecule has 1 amide bonds. The predicted molar refractivity (Wildman–Crippen MR) is 106 cm³/mol. The third-order valence-corrected chi connectivity index (χ3v) is 6.83. The van der Waals surface area contributed by atoms with Crippen LogP contribution in [0.1, 0.15) is 52.7 Å². The Morgan fingerprint density at radius 1 is 1.07 bits per heavy atom. The van der Waals surface area contributed by atoms with Crippen molar-refractivity contribution in [1.82, 2.24) is 4.72 Å². The van der Waals surface area contributed by atoms with Gasteiger partial charge in [-0.1, -0.05) is 18.2 Å². The predicted octanol–water partition coefficient (Wildman–Crippen LogP) is 3.57. The van der Waals surface area contributed by atoms with Gasteiger partial charge in [0.1, 0.15) is 0 Å². The fourth-order valence-corrected chi connectivity index (χ4v) is 4.92. The van der Waals surface area contributed by atoms with Gasteiger partial charge in [0.2, 0.25) is 10.0 Å². The monoisotopic (exact) mass is 384 g/mol. The maximum absolute atomic E-state index is 12.9. The van der Waals surface area contributed by atoms with Gasteiger partial charge in [-0.3, -0.25) is 4.79 Å². The van der Waals surface area contributed by atoms with E-state index in [2.05, 4.69) is 16.1 Å². The number of rotatable bonds is 5. The second-order valence-corrected chi connectivity index (χ2v) is 9.19. The standard InChI is InChI=1S/C21H24N2O3S/c1-14-9-12-17(27(25,26)23-16-10-11-16)13-19(14)21(24)22-20-8-4-6-15-5-2-3-7-18(15)20/h4,6,8-9,12-13,16,23H,2-3,5,7,10-11H2,1H3,(H,22,24). The molecule has 1 saturated carbocycles. The number of amides is 1. The summed E-state index contributed by atoms with van der Waals surface area (Å²) in [6, 6.07) is 10.8. The fourth-order valence-electron chi connectivity index (χ4n) is 3.59. The first-order valence-electron chi connectivity index (χ1n) is 9.49. The maximum atomic E-state index is 12.9. The van der Waals surface area contributed by atoms with Crippen LogP contribution in [-0.2, 0) is 22.9 Å². The van der Waals surface area contributed by atoms with E-state index in [4.69, 9.17) is 0 Å². The van der Waals surface area contributed by atoms with E-state index in [-0.39, 0.29) is 16.8 Å². The molecule has 6 heteroatoms. The summed E-state index contributed by atoms with van der Waals surface area (Å²) in [5.41, 5.74) is 4.47. The fraction of sp³-hybridized carbons (Fsp3) is 0.381. The number of anilines is 1. The molecule has 27 heavy (non-hydrogen) atoms. The largest absolute Gasteiger partial charge is 0.322 e. The molecule has 0 saturated heterocycles. The topological polar surface area (TPSA) is 75.3 Å². The molecule has 5 nitrogen and oxygen atoms in total. The quantitative estimate of drug-likeness (QED) is 0.828. The summed E-state index contributed by atoms with van der Waals surface area (Å²) < 4.78 is 27.6. The normalized spacial score (nSPS) is 16.6. The van der Waals surface area contributed by atoms with Crippen LogP contribution in [0.5, 0.6) is 0 Å². The molecule has 0 heterocycles. The average Bonchev–Trinajstić information content (AvgIpc) is 3.45. The van der Waals surface area contributed by atoms with Crippen molar-refractivity contribution in [2.45, 2.75) is 56.4 Å². The summed E-state index contributed by atoms with van der Waals surface area (Å²) in [4.78, 5) is 13.0. The Morgan fingerprint density at radius 2 is 1.85 bits per heavy atom. The number of sulfonamides is 1. The number of hydrogen-bond donors (Lipinski definition) is 2. The minimum Gasteiger partial charge on any atom is -0.322 e. The third-order valence-electron chi connectivity index (χ3n) is 5.31. The van der Waals surface area contributed by atoms with Crippen LogP contribution in [0.2, 0.25) is 0 Å². The van der Waals surface area contributed by atoms with Gasteiger partial charge < -0.3 is 5.32 Å². The molecule has 2 aromatic carbocycles. The van der Waals surface area contributed by atoms with E-state index in [1.165, 1.54) is 23.6 Å². The van der Waals surface area contributed by atoms with E-state index in [0.29, 0.717) is 5.56 Å². The number of carbonyl (C=O) groups excluding carboxylic acids is 1. The highest BCUT2D eigenvalue weighted by Gasteiger charge is 2.28. The number of hydrogen-bond acceptors (Lipinski definition) is 3. The molecule has 142 valence electrons. The van der Waals surface area contributed by atoms with Crippen LogP contribution in [-0.4, -0.2) is 20.4 Å². The number of aryl methyl sites for hydroxylation is 2. The lowest BCUT2D eigenvalue weighted by atomic mass is 9.90. The highest BCUT2D eigenvalue weighted by molar-refractivity contribution is 7.89. The molecule has 2 aliphatic carbocycles. The molecule has 0 bridgehead atoms. The molecule has 2 aromatic rings. The van der Waals surface area contributed by atoms with Gasteiger partial charge in [-0.05, 0) is 80.3 Å². The van der Waals surface area contributed by atoms with Crippen LogP contribution in [0.4, 0.5) is 5.69 Å². The van der Waals surface area contributed by atoms with Gasteiger partial charge in [0.15, 0.2) is 0 Å². The Kier molecular flexibility index (Phi) is 4.78. The van der Waals surface area contributed by atoms with Gasteiger partial charge in [-0.25, -0.2) is 13.1 Å². The lowest BCUT2D eigenvalue weighted by Gasteiger charge is -2.20. The van der Waals surface area contributed by atoms with Gasteiger partial charge in [0.25, 0.3) is 5.91 Å². The number of nitrogens with one attached hydrogen (secondary N) is 2. The van der Waals surface area contributed by atoms with Crippen LogP contribution >= 0.6 is 0 Å². The van der Waals surface area contributed by atoms with Crippen LogP contribution in [0.3, 0.4) is 0 Å². The highest BCUT2D eigenvalue weighted by Crippen LogP contribution is 2.29. The van der Waals surface area contributed by atoms with Crippen LogP contribution in [0.25, 0.3) is 0 Å². The van der Waals surface area contributed by atoms with Crippen molar-refractivity contribution in [1.29, 1.82) is 0 Å². The first kappa shape index (κ1) is 18.2. The Hall–Kier alpha value is -2.18. The molecule has 2 N–H and O–H groups in total. The summed E-state index contributed by atoms with van der Waals surface area (Å²) in [6.07, 6.45) is 6.05. The van der Waals surface area contributed by atoms with Crippen LogP contribution in [0, 0.1) is 6.92 Å². The lowest BCUT2D eigenvalue weighted by molar-refractivity contribution is 0.102. The minimum atomic E-state index is -3.59. The molecule has 0 atom stereocenters. The van der Waals surface area contributed by atoms with E-state index in [9.17, 15) is 13.2 Å². The lowest BCUT2D eigenvalue weighted by Crippen LogP contribution is -2.26. The smallest absolute Gasteiger partial charge is 0.255 e. The molecule has 0 aliphatic heterocycles. The number of benzene rings is 2. The van der Waals surface area contributed by atoms with E-state index >= 15 is 0 Å². The Bertz CT molecular complexity index is 994. The van der Waals surface area contributed by atoms with Crippen molar-refractivity contribution < 1.29 is 13.2 Å². The maximum Gasteiger partial charge on any atom is 0.255 e. The molecule has 0 unspecified atom stereocenters. The van der Waals surface area contributed by atoms with Crippen molar-refractivity contribution in [3.63, 3.8) is 0 Å². The van der Waals surface area contributed by atoms with Gasteiger partial charge >= 0.3 is 0 Å². The molecule has 2 aliphatic rings. The summed E-state index contributed by atoms with van der Waals surface area (Å²) in [6.45, 7) is 1.82. The SMILES string of the molecule is Cc1ccc(S(=O)(=O)NC2CC2)cc1C(=O)Nc1cccc2c1CCCC2. The van der Waals surface area contributed by atoms with E-state index in [0.717, 1.165) is 43.4 Å². The number of fused-ring (bicyclic) bond motifs is 1. The zero-order valence-electron chi connectivity index (χ0n) is 15.4. The molecule has 0 spiro atoms. The van der Waals surface area contributed by atoms with Crippen molar-refractivity contribution in [3.8, 4) is 0 Å². The Morgan fingerprint density at radius 3 is 2.63 bits per heavy atom.